The monoisotopic (exact) mass is 291 g/mol. The average Bonchev–Trinajstić information content (AvgIpc) is 2.40. The largest absolute Gasteiger partial charge is 0.349 e. The first-order valence-corrected chi connectivity index (χ1v) is 7.77. The minimum Gasteiger partial charge on any atom is -0.349 e. The van der Waals surface area contributed by atoms with Crippen LogP contribution in [0.3, 0.4) is 0 Å². The highest BCUT2D eigenvalue weighted by atomic mass is 32.2. The Morgan fingerprint density at radius 1 is 0.947 bits per heavy atom. The van der Waals surface area contributed by atoms with Crippen LogP contribution in [0.5, 0.6) is 0 Å². The van der Waals surface area contributed by atoms with Crippen LogP contribution in [0, 0.1) is 0 Å². The van der Waals surface area contributed by atoms with E-state index in [2.05, 4.69) is 5.32 Å². The first-order chi connectivity index (χ1) is 9.08. The summed E-state index contributed by atoms with van der Waals surface area (Å²) in [5.41, 5.74) is 0.788. The van der Waals surface area contributed by atoms with Crippen LogP contribution >= 0.6 is 12.2 Å². The summed E-state index contributed by atoms with van der Waals surface area (Å²) in [5, 5.41) is 2.92. The SMILES string of the molecule is O=S(=O)(CC(=S)Nc1ccccc1)c1ccccc1. The van der Waals surface area contributed by atoms with Crippen LogP contribution in [0.15, 0.2) is 65.6 Å². The molecular weight excluding hydrogens is 278 g/mol. The number of thiocarbonyl (C=S) groups is 1. The average molecular weight is 291 g/mol. The molecule has 5 heteroatoms. The number of sulfone groups is 1. The summed E-state index contributed by atoms with van der Waals surface area (Å²) < 4.78 is 24.2. The molecule has 2 aromatic carbocycles. The van der Waals surface area contributed by atoms with E-state index in [0.29, 0.717) is 0 Å². The lowest BCUT2D eigenvalue weighted by molar-refractivity contribution is 0.600. The standard InChI is InChI=1S/C14H13NO2S2/c16-19(17,13-9-5-2-6-10-13)11-14(18)15-12-7-3-1-4-8-12/h1-10H,11H2,(H,15,18). The summed E-state index contributed by atoms with van der Waals surface area (Å²) in [4.78, 5) is 0.572. The van der Waals surface area contributed by atoms with Crippen LogP contribution in [-0.4, -0.2) is 19.2 Å². The van der Waals surface area contributed by atoms with E-state index in [1.54, 1.807) is 30.3 Å². The second-order valence-corrected chi connectivity index (χ2v) is 6.47. The Morgan fingerprint density at radius 3 is 2.05 bits per heavy atom. The first kappa shape index (κ1) is 13.7. The summed E-state index contributed by atoms with van der Waals surface area (Å²) in [6, 6.07) is 17.6. The van der Waals surface area contributed by atoms with Crippen molar-refractivity contribution in [2.75, 3.05) is 11.1 Å². The second kappa shape index (κ2) is 5.95. The van der Waals surface area contributed by atoms with Crippen molar-refractivity contribution in [3.8, 4) is 0 Å². The molecule has 2 rings (SSSR count). The molecule has 1 N–H and O–H groups in total. The van der Waals surface area contributed by atoms with Crippen LogP contribution in [0.2, 0.25) is 0 Å². The highest BCUT2D eigenvalue weighted by molar-refractivity contribution is 7.94. The summed E-state index contributed by atoms with van der Waals surface area (Å²) in [5.74, 6) is -0.193. The Hall–Kier alpha value is -1.72. The molecule has 0 aliphatic rings. The fourth-order valence-corrected chi connectivity index (χ4v) is 3.34. The van der Waals surface area contributed by atoms with E-state index >= 15 is 0 Å². The zero-order chi connectivity index (χ0) is 13.7. The number of rotatable bonds is 4. The van der Waals surface area contributed by atoms with Gasteiger partial charge in [-0.05, 0) is 24.3 Å². The number of anilines is 1. The Kier molecular flexibility index (Phi) is 4.29. The fourth-order valence-electron chi connectivity index (χ4n) is 1.60. The third-order valence-corrected chi connectivity index (χ3v) is 4.57. The third kappa shape index (κ3) is 3.87. The van der Waals surface area contributed by atoms with Gasteiger partial charge in [-0.1, -0.05) is 48.6 Å². The molecule has 0 radical (unpaired) electrons. The molecule has 0 aliphatic heterocycles. The molecule has 0 saturated heterocycles. The smallest absolute Gasteiger partial charge is 0.184 e. The summed E-state index contributed by atoms with van der Waals surface area (Å²) in [6.07, 6.45) is 0. The van der Waals surface area contributed by atoms with Gasteiger partial charge in [0, 0.05) is 5.69 Å². The van der Waals surface area contributed by atoms with Crippen molar-refractivity contribution in [2.45, 2.75) is 4.90 Å². The minimum atomic E-state index is -3.38. The number of hydrogen-bond acceptors (Lipinski definition) is 3. The van der Waals surface area contributed by atoms with E-state index in [1.807, 2.05) is 30.3 Å². The van der Waals surface area contributed by atoms with Crippen LogP contribution in [0.4, 0.5) is 5.69 Å². The molecule has 3 nitrogen and oxygen atoms in total. The quantitative estimate of drug-likeness (QED) is 0.880. The lowest BCUT2D eigenvalue weighted by Gasteiger charge is -2.08. The lowest BCUT2D eigenvalue weighted by atomic mass is 10.3. The van der Waals surface area contributed by atoms with E-state index in [4.69, 9.17) is 12.2 Å². The first-order valence-electron chi connectivity index (χ1n) is 5.71. The van der Waals surface area contributed by atoms with Crippen molar-refractivity contribution in [2.24, 2.45) is 0 Å². The highest BCUT2D eigenvalue weighted by Gasteiger charge is 2.16. The molecule has 0 amide bonds. The van der Waals surface area contributed by atoms with Crippen LogP contribution < -0.4 is 5.32 Å². The molecule has 0 spiro atoms. The van der Waals surface area contributed by atoms with Gasteiger partial charge in [0.25, 0.3) is 0 Å². The van der Waals surface area contributed by atoms with Gasteiger partial charge in [-0.15, -0.1) is 0 Å². The Bertz CT molecular complexity index is 652. The predicted molar refractivity (Wildman–Crippen MR) is 81.2 cm³/mol. The molecular formula is C14H13NO2S2. The van der Waals surface area contributed by atoms with E-state index < -0.39 is 9.84 Å². The second-order valence-electron chi connectivity index (χ2n) is 3.99. The topological polar surface area (TPSA) is 46.2 Å². The van der Waals surface area contributed by atoms with Crippen LogP contribution in [0.1, 0.15) is 0 Å². The number of hydrogen-bond donors (Lipinski definition) is 1. The van der Waals surface area contributed by atoms with Gasteiger partial charge in [0.2, 0.25) is 0 Å². The molecule has 0 fully saturated rings. The molecule has 0 saturated carbocycles. The van der Waals surface area contributed by atoms with Gasteiger partial charge in [-0.25, -0.2) is 8.42 Å². The fraction of sp³-hybridized carbons (Fsp3) is 0.0714. The van der Waals surface area contributed by atoms with Crippen molar-refractivity contribution < 1.29 is 8.42 Å². The summed E-state index contributed by atoms with van der Waals surface area (Å²) in [6.45, 7) is 0. The van der Waals surface area contributed by atoms with Crippen molar-refractivity contribution in [3.63, 3.8) is 0 Å². The number of benzene rings is 2. The van der Waals surface area contributed by atoms with Gasteiger partial charge < -0.3 is 5.32 Å². The highest BCUT2D eigenvalue weighted by Crippen LogP contribution is 2.12. The Balaban J connectivity index is 2.07. The molecule has 98 valence electrons. The molecule has 2 aromatic rings. The number of para-hydroxylation sites is 1. The lowest BCUT2D eigenvalue weighted by Crippen LogP contribution is -2.21. The number of nitrogens with one attached hydrogen (secondary N) is 1. The zero-order valence-electron chi connectivity index (χ0n) is 10.1. The van der Waals surface area contributed by atoms with E-state index in [-0.39, 0.29) is 15.6 Å². The maximum Gasteiger partial charge on any atom is 0.184 e. The zero-order valence-corrected chi connectivity index (χ0v) is 11.7. The van der Waals surface area contributed by atoms with Crippen LogP contribution in [-0.2, 0) is 9.84 Å². The maximum absolute atomic E-state index is 12.1. The molecule has 0 aromatic heterocycles. The van der Waals surface area contributed by atoms with Gasteiger partial charge in [-0.3, -0.25) is 0 Å². The van der Waals surface area contributed by atoms with Crippen LogP contribution in [0.25, 0.3) is 0 Å². The predicted octanol–water partition coefficient (Wildman–Crippen LogP) is 2.90. The summed E-state index contributed by atoms with van der Waals surface area (Å²) in [7, 11) is -3.38. The summed E-state index contributed by atoms with van der Waals surface area (Å²) >= 11 is 5.09. The van der Waals surface area contributed by atoms with Crippen molar-refractivity contribution >= 4 is 32.7 Å². The Labute approximate surface area is 118 Å². The van der Waals surface area contributed by atoms with Gasteiger partial charge in [0.05, 0.1) is 9.88 Å². The van der Waals surface area contributed by atoms with E-state index in [1.165, 1.54) is 0 Å². The normalized spacial score (nSPS) is 10.9. The molecule has 0 atom stereocenters. The van der Waals surface area contributed by atoms with Gasteiger partial charge in [0.1, 0.15) is 5.75 Å². The molecule has 19 heavy (non-hydrogen) atoms. The van der Waals surface area contributed by atoms with Crippen molar-refractivity contribution in [1.82, 2.24) is 0 Å². The third-order valence-electron chi connectivity index (χ3n) is 2.48. The van der Waals surface area contributed by atoms with Gasteiger partial charge >= 0.3 is 0 Å². The van der Waals surface area contributed by atoms with Gasteiger partial charge in [-0.2, -0.15) is 0 Å². The Morgan fingerprint density at radius 2 is 1.47 bits per heavy atom. The van der Waals surface area contributed by atoms with Crippen molar-refractivity contribution in [3.05, 3.63) is 60.7 Å². The van der Waals surface area contributed by atoms with E-state index in [9.17, 15) is 8.42 Å². The molecule has 0 heterocycles. The minimum absolute atomic E-state index is 0.193. The molecule has 0 aliphatic carbocycles. The van der Waals surface area contributed by atoms with Crippen molar-refractivity contribution in [1.29, 1.82) is 0 Å². The molecule has 0 unspecified atom stereocenters. The van der Waals surface area contributed by atoms with E-state index in [0.717, 1.165) is 5.69 Å². The van der Waals surface area contributed by atoms with Gasteiger partial charge in [0.15, 0.2) is 9.84 Å². The molecule has 0 bridgehead atoms. The maximum atomic E-state index is 12.1.